The Morgan fingerprint density at radius 3 is 3.00 bits per heavy atom. The van der Waals surface area contributed by atoms with Crippen molar-refractivity contribution in [1.29, 1.82) is 0 Å². The number of carbonyl (C=O) groups is 1. The van der Waals surface area contributed by atoms with Crippen LogP contribution in [0.25, 0.3) is 0 Å². The first kappa shape index (κ1) is 9.77. The summed E-state index contributed by atoms with van der Waals surface area (Å²) in [6.45, 7) is 1.49. The molecule has 14 heavy (non-hydrogen) atoms. The van der Waals surface area contributed by atoms with Crippen molar-refractivity contribution in [3.8, 4) is 0 Å². The Hall–Kier alpha value is -0.770. The molecule has 0 aromatic carbocycles. The van der Waals surface area contributed by atoms with Crippen LogP contribution in [0.4, 0.5) is 4.79 Å². The summed E-state index contributed by atoms with van der Waals surface area (Å²) >= 11 is 0. The largest absolute Gasteiger partial charge is 0.333 e. The van der Waals surface area contributed by atoms with E-state index in [2.05, 4.69) is 5.32 Å². The van der Waals surface area contributed by atoms with Gasteiger partial charge in [-0.15, -0.1) is 0 Å². The molecule has 1 saturated carbocycles. The lowest BCUT2D eigenvalue weighted by Gasteiger charge is -2.29. The molecule has 2 amide bonds. The number of amides is 2. The number of hydrogen-bond donors (Lipinski definition) is 2. The van der Waals surface area contributed by atoms with Crippen molar-refractivity contribution < 1.29 is 4.79 Å². The molecule has 2 atom stereocenters. The average Bonchev–Trinajstić information content (AvgIpc) is 2.51. The van der Waals surface area contributed by atoms with Crippen LogP contribution < -0.4 is 11.1 Å². The number of rotatable bonds is 3. The van der Waals surface area contributed by atoms with Gasteiger partial charge in [0.25, 0.3) is 0 Å². The lowest BCUT2D eigenvalue weighted by molar-refractivity contribution is 0.190. The number of nitrogens with zero attached hydrogens (tertiary/aromatic N) is 1. The molecule has 0 spiro atoms. The third kappa shape index (κ3) is 1.71. The summed E-state index contributed by atoms with van der Waals surface area (Å²) in [6, 6.07) is 0.979. The highest BCUT2D eigenvalue weighted by Gasteiger charge is 2.39. The summed E-state index contributed by atoms with van der Waals surface area (Å²) < 4.78 is 0. The van der Waals surface area contributed by atoms with Crippen LogP contribution in [0.5, 0.6) is 0 Å². The van der Waals surface area contributed by atoms with Gasteiger partial charge in [-0.25, -0.2) is 4.79 Å². The first-order valence-electron chi connectivity index (χ1n) is 5.60. The monoisotopic (exact) mass is 197 g/mol. The van der Waals surface area contributed by atoms with Gasteiger partial charge in [0.1, 0.15) is 0 Å². The molecule has 2 rings (SSSR count). The Morgan fingerprint density at radius 2 is 2.21 bits per heavy atom. The maximum absolute atomic E-state index is 11.6. The fourth-order valence-electron chi connectivity index (χ4n) is 2.57. The van der Waals surface area contributed by atoms with Crippen LogP contribution >= 0.6 is 0 Å². The Balaban J connectivity index is 1.96. The SMILES string of the molecule is NCCCN1C(=O)NC2CCCCC21. The maximum atomic E-state index is 11.6. The Bertz CT molecular complexity index is 219. The number of carbonyl (C=O) groups excluding carboxylic acids is 1. The summed E-state index contributed by atoms with van der Waals surface area (Å²) in [6.07, 6.45) is 5.74. The van der Waals surface area contributed by atoms with Crippen LogP contribution in [-0.2, 0) is 0 Å². The standard InChI is InChI=1S/C10H19N3O/c11-6-3-7-13-9-5-2-1-4-8(9)12-10(13)14/h8-9H,1-7,11H2,(H,12,14). The molecule has 0 aromatic heterocycles. The molecular formula is C10H19N3O. The molecule has 0 bridgehead atoms. The highest BCUT2D eigenvalue weighted by atomic mass is 16.2. The molecule has 2 fully saturated rings. The predicted molar refractivity (Wildman–Crippen MR) is 55.0 cm³/mol. The van der Waals surface area contributed by atoms with Crippen molar-refractivity contribution in [2.75, 3.05) is 13.1 Å². The highest BCUT2D eigenvalue weighted by Crippen LogP contribution is 2.27. The molecule has 1 aliphatic carbocycles. The quantitative estimate of drug-likeness (QED) is 0.698. The lowest BCUT2D eigenvalue weighted by atomic mass is 9.91. The number of nitrogens with two attached hydrogens (primary N) is 1. The molecule has 2 aliphatic rings. The van der Waals surface area contributed by atoms with Crippen molar-refractivity contribution in [2.45, 2.75) is 44.2 Å². The molecule has 1 saturated heterocycles. The smallest absolute Gasteiger partial charge is 0.318 e. The average molecular weight is 197 g/mol. The third-order valence-corrected chi connectivity index (χ3v) is 3.30. The van der Waals surface area contributed by atoms with Crippen molar-refractivity contribution >= 4 is 6.03 Å². The molecule has 1 aliphatic heterocycles. The Morgan fingerprint density at radius 1 is 1.43 bits per heavy atom. The summed E-state index contributed by atoms with van der Waals surface area (Å²) in [5, 5.41) is 3.06. The van der Waals surface area contributed by atoms with Gasteiger partial charge in [0.15, 0.2) is 0 Å². The van der Waals surface area contributed by atoms with Crippen LogP contribution in [0.2, 0.25) is 0 Å². The normalized spacial score (nSPS) is 31.5. The van der Waals surface area contributed by atoms with E-state index in [1.807, 2.05) is 4.90 Å². The zero-order valence-electron chi connectivity index (χ0n) is 8.54. The molecule has 0 radical (unpaired) electrons. The number of urea groups is 1. The highest BCUT2D eigenvalue weighted by molar-refractivity contribution is 5.77. The van der Waals surface area contributed by atoms with E-state index in [1.54, 1.807) is 0 Å². The minimum Gasteiger partial charge on any atom is -0.333 e. The Labute approximate surface area is 84.8 Å². The first-order chi connectivity index (χ1) is 6.83. The zero-order valence-corrected chi connectivity index (χ0v) is 8.54. The second-order valence-electron chi connectivity index (χ2n) is 4.24. The van der Waals surface area contributed by atoms with E-state index in [-0.39, 0.29) is 6.03 Å². The molecule has 4 heteroatoms. The maximum Gasteiger partial charge on any atom is 0.318 e. The molecule has 4 nitrogen and oxygen atoms in total. The summed E-state index contributed by atoms with van der Waals surface area (Å²) in [5.74, 6) is 0. The van der Waals surface area contributed by atoms with Gasteiger partial charge in [-0.05, 0) is 25.8 Å². The number of hydrogen-bond acceptors (Lipinski definition) is 2. The molecule has 0 aromatic rings. The molecule has 80 valence electrons. The zero-order chi connectivity index (χ0) is 9.97. The lowest BCUT2D eigenvalue weighted by Crippen LogP contribution is -2.39. The second-order valence-corrected chi connectivity index (χ2v) is 4.24. The van der Waals surface area contributed by atoms with E-state index >= 15 is 0 Å². The van der Waals surface area contributed by atoms with E-state index in [0.717, 1.165) is 25.8 Å². The van der Waals surface area contributed by atoms with E-state index in [9.17, 15) is 4.79 Å². The van der Waals surface area contributed by atoms with Gasteiger partial charge in [-0.1, -0.05) is 12.8 Å². The van der Waals surface area contributed by atoms with Crippen LogP contribution in [0.3, 0.4) is 0 Å². The third-order valence-electron chi connectivity index (χ3n) is 3.30. The molecule has 3 N–H and O–H groups in total. The van der Waals surface area contributed by atoms with Crippen molar-refractivity contribution in [2.24, 2.45) is 5.73 Å². The van der Waals surface area contributed by atoms with Crippen LogP contribution in [0.1, 0.15) is 32.1 Å². The summed E-state index contributed by atoms with van der Waals surface area (Å²) in [7, 11) is 0. The van der Waals surface area contributed by atoms with Gasteiger partial charge in [0.2, 0.25) is 0 Å². The topological polar surface area (TPSA) is 58.4 Å². The van der Waals surface area contributed by atoms with Crippen molar-refractivity contribution in [3.05, 3.63) is 0 Å². The molecule has 2 unspecified atom stereocenters. The van der Waals surface area contributed by atoms with E-state index in [1.165, 1.54) is 12.8 Å². The second kappa shape index (κ2) is 4.17. The molecule has 1 heterocycles. The predicted octanol–water partition coefficient (Wildman–Crippen LogP) is 0.672. The minimum atomic E-state index is 0.121. The van der Waals surface area contributed by atoms with E-state index < -0.39 is 0 Å². The van der Waals surface area contributed by atoms with Gasteiger partial charge in [0, 0.05) is 6.54 Å². The Kier molecular flexibility index (Phi) is 2.91. The summed E-state index contributed by atoms with van der Waals surface area (Å²) in [4.78, 5) is 13.6. The van der Waals surface area contributed by atoms with Gasteiger partial charge in [0.05, 0.1) is 12.1 Å². The van der Waals surface area contributed by atoms with Gasteiger partial charge in [-0.3, -0.25) is 0 Å². The van der Waals surface area contributed by atoms with Crippen LogP contribution in [0.15, 0.2) is 0 Å². The van der Waals surface area contributed by atoms with E-state index in [4.69, 9.17) is 5.73 Å². The van der Waals surface area contributed by atoms with E-state index in [0.29, 0.717) is 18.6 Å². The minimum absolute atomic E-state index is 0.121. The van der Waals surface area contributed by atoms with Gasteiger partial charge in [-0.2, -0.15) is 0 Å². The van der Waals surface area contributed by atoms with Crippen molar-refractivity contribution in [3.63, 3.8) is 0 Å². The van der Waals surface area contributed by atoms with Crippen LogP contribution in [-0.4, -0.2) is 36.1 Å². The number of fused-ring (bicyclic) bond motifs is 1. The van der Waals surface area contributed by atoms with Crippen LogP contribution in [0, 0.1) is 0 Å². The van der Waals surface area contributed by atoms with Gasteiger partial charge < -0.3 is 16.0 Å². The first-order valence-corrected chi connectivity index (χ1v) is 5.60. The van der Waals surface area contributed by atoms with Gasteiger partial charge >= 0.3 is 6.03 Å². The number of nitrogens with one attached hydrogen (secondary N) is 1. The fraction of sp³-hybridized carbons (Fsp3) is 0.900. The van der Waals surface area contributed by atoms with Crippen molar-refractivity contribution in [1.82, 2.24) is 10.2 Å². The summed E-state index contributed by atoms with van der Waals surface area (Å²) in [5.41, 5.74) is 5.46. The fourth-order valence-corrected chi connectivity index (χ4v) is 2.57. The molecular weight excluding hydrogens is 178 g/mol.